The third kappa shape index (κ3) is 6.92. The number of carbonyl (C=O) groups excluding carboxylic acids is 2. The first kappa shape index (κ1) is 21.9. The highest BCUT2D eigenvalue weighted by Gasteiger charge is 2.51. The maximum Gasteiger partial charge on any atom is 0.324 e. The number of hydrogen-bond donors (Lipinski definition) is 0. The fourth-order valence-corrected chi connectivity index (χ4v) is 2.64. The minimum Gasteiger partial charge on any atom is -0.462 e. The number of esters is 2. The number of ether oxygens (including phenoxy) is 2. The van der Waals surface area contributed by atoms with Crippen LogP contribution in [-0.2, 0) is 19.1 Å². The monoisotopic (exact) mass is 328 g/mol. The molecule has 0 radical (unpaired) electrons. The van der Waals surface area contributed by atoms with E-state index in [4.69, 9.17) is 9.47 Å². The van der Waals surface area contributed by atoms with Gasteiger partial charge in [0.15, 0.2) is 5.41 Å². The molecular weight excluding hydrogens is 292 g/mol. The van der Waals surface area contributed by atoms with Gasteiger partial charge in [0.05, 0.1) is 12.2 Å². The van der Waals surface area contributed by atoms with E-state index in [9.17, 15) is 9.59 Å². The second-order valence-electron chi connectivity index (χ2n) is 7.67. The van der Waals surface area contributed by atoms with Crippen molar-refractivity contribution < 1.29 is 19.1 Å². The van der Waals surface area contributed by atoms with Crippen LogP contribution in [0.2, 0.25) is 0 Å². The van der Waals surface area contributed by atoms with Crippen LogP contribution in [0, 0.1) is 17.3 Å². The van der Waals surface area contributed by atoms with Crippen molar-refractivity contribution in [2.75, 3.05) is 0 Å². The zero-order valence-corrected chi connectivity index (χ0v) is 16.3. The summed E-state index contributed by atoms with van der Waals surface area (Å²) in [5, 5.41) is 0. The van der Waals surface area contributed by atoms with Crippen LogP contribution in [0.25, 0.3) is 0 Å². The Kier molecular flexibility index (Phi) is 9.48. The third-order valence-electron chi connectivity index (χ3n) is 4.00. The van der Waals surface area contributed by atoms with E-state index in [1.54, 1.807) is 27.7 Å². The fourth-order valence-electron chi connectivity index (χ4n) is 2.64. The minimum atomic E-state index is -1.20. The van der Waals surface area contributed by atoms with Crippen molar-refractivity contribution >= 4 is 11.9 Å². The van der Waals surface area contributed by atoms with Gasteiger partial charge in [-0.2, -0.15) is 0 Å². The largest absolute Gasteiger partial charge is 0.462 e. The molecule has 0 bridgehead atoms. The van der Waals surface area contributed by atoms with Crippen LogP contribution in [0.5, 0.6) is 0 Å². The molecule has 0 unspecified atom stereocenters. The van der Waals surface area contributed by atoms with Crippen molar-refractivity contribution in [3.8, 4) is 0 Å². The first-order chi connectivity index (χ1) is 10.5. The smallest absolute Gasteiger partial charge is 0.324 e. The Morgan fingerprint density at radius 2 is 1.22 bits per heavy atom. The molecule has 0 aliphatic rings. The van der Waals surface area contributed by atoms with Crippen LogP contribution < -0.4 is 0 Å². The van der Waals surface area contributed by atoms with Crippen LogP contribution in [-0.4, -0.2) is 24.1 Å². The number of unbranched alkanes of at least 4 members (excludes halogenated alkanes) is 1. The number of rotatable bonds is 10. The molecule has 0 aliphatic carbocycles. The van der Waals surface area contributed by atoms with Crippen molar-refractivity contribution in [1.29, 1.82) is 0 Å². The molecule has 0 heterocycles. The second-order valence-corrected chi connectivity index (χ2v) is 7.67. The number of hydrogen-bond acceptors (Lipinski definition) is 4. The molecule has 0 rings (SSSR count). The Balaban J connectivity index is 5.33. The van der Waals surface area contributed by atoms with Crippen LogP contribution in [0.3, 0.4) is 0 Å². The molecule has 0 aromatic heterocycles. The van der Waals surface area contributed by atoms with Gasteiger partial charge in [0.25, 0.3) is 0 Å². The lowest BCUT2D eigenvalue weighted by molar-refractivity contribution is -0.181. The van der Waals surface area contributed by atoms with Crippen LogP contribution >= 0.6 is 0 Å². The highest BCUT2D eigenvalue weighted by atomic mass is 16.6. The summed E-state index contributed by atoms with van der Waals surface area (Å²) in [5.74, 6) is -0.442. The SMILES string of the molecule is CC(C)CCCCC(C(=O)OC(C)C)(C(=O)OC(C)C)C(C)C. The summed E-state index contributed by atoms with van der Waals surface area (Å²) in [6.45, 7) is 15.3. The highest BCUT2D eigenvalue weighted by molar-refractivity contribution is 6.00. The molecule has 0 fully saturated rings. The van der Waals surface area contributed by atoms with Gasteiger partial charge in [0.2, 0.25) is 0 Å². The lowest BCUT2D eigenvalue weighted by atomic mass is 9.73. The van der Waals surface area contributed by atoms with Crippen molar-refractivity contribution in [1.82, 2.24) is 0 Å². The quantitative estimate of drug-likeness (QED) is 0.330. The topological polar surface area (TPSA) is 52.6 Å². The minimum absolute atomic E-state index is 0.168. The van der Waals surface area contributed by atoms with Gasteiger partial charge in [-0.3, -0.25) is 9.59 Å². The van der Waals surface area contributed by atoms with Crippen molar-refractivity contribution in [2.24, 2.45) is 17.3 Å². The van der Waals surface area contributed by atoms with Gasteiger partial charge in [-0.05, 0) is 46.0 Å². The molecule has 0 saturated heterocycles. The fraction of sp³-hybridized carbons (Fsp3) is 0.895. The van der Waals surface area contributed by atoms with E-state index in [1.165, 1.54) is 0 Å². The third-order valence-corrected chi connectivity index (χ3v) is 4.00. The average Bonchev–Trinajstić information content (AvgIpc) is 2.35. The molecule has 0 amide bonds. The Hall–Kier alpha value is -1.06. The summed E-state index contributed by atoms with van der Waals surface area (Å²) in [6, 6.07) is 0. The molecule has 4 nitrogen and oxygen atoms in total. The van der Waals surface area contributed by atoms with Crippen LogP contribution in [0.1, 0.15) is 81.1 Å². The lowest BCUT2D eigenvalue weighted by Gasteiger charge is -2.34. The van der Waals surface area contributed by atoms with Crippen LogP contribution in [0.4, 0.5) is 0 Å². The summed E-state index contributed by atoms with van der Waals surface area (Å²) in [6.07, 6.45) is 2.89. The maximum absolute atomic E-state index is 12.7. The first-order valence-electron chi connectivity index (χ1n) is 8.96. The van der Waals surface area contributed by atoms with Crippen LogP contribution in [0.15, 0.2) is 0 Å². The van der Waals surface area contributed by atoms with Gasteiger partial charge in [-0.15, -0.1) is 0 Å². The molecule has 0 aromatic rings. The molecule has 0 saturated carbocycles. The Bertz CT molecular complexity index is 348. The van der Waals surface area contributed by atoms with E-state index >= 15 is 0 Å². The molecule has 136 valence electrons. The Morgan fingerprint density at radius 1 is 0.783 bits per heavy atom. The summed E-state index contributed by atoms with van der Waals surface area (Å²) in [7, 11) is 0. The molecule has 0 aromatic carbocycles. The van der Waals surface area contributed by atoms with E-state index < -0.39 is 17.4 Å². The molecule has 23 heavy (non-hydrogen) atoms. The molecule has 4 heteroatoms. The molecule has 0 atom stereocenters. The average molecular weight is 328 g/mol. The van der Waals surface area contributed by atoms with E-state index in [2.05, 4.69) is 13.8 Å². The summed E-state index contributed by atoms with van der Waals surface area (Å²) in [4.78, 5) is 25.5. The Labute approximate surface area is 142 Å². The standard InChI is InChI=1S/C19H36O4/c1-13(2)11-9-10-12-19(14(3)4,17(20)22-15(5)6)18(21)23-16(7)8/h13-16H,9-12H2,1-8H3. The van der Waals surface area contributed by atoms with Gasteiger partial charge < -0.3 is 9.47 Å². The predicted molar refractivity (Wildman–Crippen MR) is 93.0 cm³/mol. The van der Waals surface area contributed by atoms with Gasteiger partial charge in [-0.25, -0.2) is 0 Å². The summed E-state index contributed by atoms with van der Waals surface area (Å²) >= 11 is 0. The predicted octanol–water partition coefficient (Wildman–Crippen LogP) is 4.75. The van der Waals surface area contributed by atoms with E-state index in [0.717, 1.165) is 19.3 Å². The molecule has 0 N–H and O–H groups in total. The number of carbonyl (C=O) groups is 2. The maximum atomic E-state index is 12.7. The van der Waals surface area contributed by atoms with Crippen molar-refractivity contribution in [2.45, 2.75) is 93.3 Å². The summed E-state index contributed by atoms with van der Waals surface area (Å²) in [5.41, 5.74) is -1.20. The van der Waals surface area contributed by atoms with Gasteiger partial charge >= 0.3 is 11.9 Å². The summed E-state index contributed by atoms with van der Waals surface area (Å²) < 4.78 is 10.8. The normalized spacial score (nSPS) is 12.3. The van der Waals surface area contributed by atoms with E-state index in [0.29, 0.717) is 12.3 Å². The van der Waals surface area contributed by atoms with Crippen molar-refractivity contribution in [3.05, 3.63) is 0 Å². The van der Waals surface area contributed by atoms with E-state index in [-0.39, 0.29) is 18.1 Å². The zero-order chi connectivity index (χ0) is 18.2. The highest BCUT2D eigenvalue weighted by Crippen LogP contribution is 2.38. The first-order valence-corrected chi connectivity index (χ1v) is 8.96. The van der Waals surface area contributed by atoms with E-state index in [1.807, 2.05) is 13.8 Å². The lowest BCUT2D eigenvalue weighted by Crippen LogP contribution is -2.47. The van der Waals surface area contributed by atoms with Gasteiger partial charge in [0, 0.05) is 0 Å². The van der Waals surface area contributed by atoms with Gasteiger partial charge in [-0.1, -0.05) is 47.0 Å². The molecule has 0 aliphatic heterocycles. The molecule has 0 spiro atoms. The Morgan fingerprint density at radius 3 is 1.52 bits per heavy atom. The molecular formula is C19H36O4. The zero-order valence-electron chi connectivity index (χ0n) is 16.3. The van der Waals surface area contributed by atoms with Crippen molar-refractivity contribution in [3.63, 3.8) is 0 Å². The van der Waals surface area contributed by atoms with Gasteiger partial charge in [0.1, 0.15) is 0 Å². The second kappa shape index (κ2) is 9.94.